The standard InChI is InChI=1S/C16H21N3S/c1-3-4-7-10-19(2)16-13(15(17)20)11-12-8-5-6-9-14(12)18-16/h5-6,8-9,11H,3-4,7,10H2,1-2H3,(H2,17,20). The summed E-state index contributed by atoms with van der Waals surface area (Å²) in [5.41, 5.74) is 7.70. The summed E-state index contributed by atoms with van der Waals surface area (Å²) < 4.78 is 0. The minimum absolute atomic E-state index is 0.403. The summed E-state index contributed by atoms with van der Waals surface area (Å²) in [4.78, 5) is 7.29. The van der Waals surface area contributed by atoms with Crippen molar-refractivity contribution in [2.45, 2.75) is 26.2 Å². The van der Waals surface area contributed by atoms with E-state index >= 15 is 0 Å². The Labute approximate surface area is 125 Å². The molecule has 0 saturated carbocycles. The van der Waals surface area contributed by atoms with Crippen molar-refractivity contribution in [3.63, 3.8) is 0 Å². The molecule has 106 valence electrons. The number of aromatic nitrogens is 1. The van der Waals surface area contributed by atoms with Crippen molar-refractivity contribution in [1.29, 1.82) is 0 Å². The summed E-state index contributed by atoms with van der Waals surface area (Å²) >= 11 is 5.18. The molecule has 0 unspecified atom stereocenters. The van der Waals surface area contributed by atoms with Gasteiger partial charge in [0.1, 0.15) is 10.8 Å². The van der Waals surface area contributed by atoms with Gasteiger partial charge in [0.25, 0.3) is 0 Å². The lowest BCUT2D eigenvalue weighted by atomic mass is 10.1. The van der Waals surface area contributed by atoms with Gasteiger partial charge in [-0.05, 0) is 18.6 Å². The molecule has 0 aliphatic heterocycles. The van der Waals surface area contributed by atoms with Crippen molar-refractivity contribution in [2.24, 2.45) is 5.73 Å². The third kappa shape index (κ3) is 3.25. The van der Waals surface area contributed by atoms with E-state index in [0.717, 1.165) is 35.2 Å². The third-order valence-corrected chi connectivity index (χ3v) is 3.65. The number of anilines is 1. The number of nitrogens with zero attached hydrogens (tertiary/aromatic N) is 2. The van der Waals surface area contributed by atoms with E-state index in [-0.39, 0.29) is 0 Å². The monoisotopic (exact) mass is 287 g/mol. The highest BCUT2D eigenvalue weighted by atomic mass is 32.1. The average Bonchev–Trinajstić information content (AvgIpc) is 2.46. The summed E-state index contributed by atoms with van der Waals surface area (Å²) in [6, 6.07) is 10.1. The van der Waals surface area contributed by atoms with Gasteiger partial charge in [-0.25, -0.2) is 4.98 Å². The Morgan fingerprint density at radius 1 is 1.30 bits per heavy atom. The average molecular weight is 287 g/mol. The molecule has 0 aliphatic carbocycles. The van der Waals surface area contributed by atoms with Crippen molar-refractivity contribution in [3.8, 4) is 0 Å². The lowest BCUT2D eigenvalue weighted by molar-refractivity contribution is 0.702. The first kappa shape index (κ1) is 14.7. The molecule has 1 aromatic heterocycles. The Balaban J connectivity index is 2.38. The Morgan fingerprint density at radius 2 is 2.05 bits per heavy atom. The van der Waals surface area contributed by atoms with Crippen LogP contribution in [0.25, 0.3) is 10.9 Å². The van der Waals surface area contributed by atoms with Crippen LogP contribution in [0.3, 0.4) is 0 Å². The number of pyridine rings is 1. The van der Waals surface area contributed by atoms with Gasteiger partial charge < -0.3 is 10.6 Å². The maximum Gasteiger partial charge on any atom is 0.139 e. The molecule has 20 heavy (non-hydrogen) atoms. The van der Waals surface area contributed by atoms with Crippen LogP contribution in [0, 0.1) is 0 Å². The second-order valence-corrected chi connectivity index (χ2v) is 5.48. The van der Waals surface area contributed by atoms with Gasteiger partial charge >= 0.3 is 0 Å². The second-order valence-electron chi connectivity index (χ2n) is 5.05. The summed E-state index contributed by atoms with van der Waals surface area (Å²) in [7, 11) is 2.05. The van der Waals surface area contributed by atoms with Gasteiger partial charge in [0, 0.05) is 19.0 Å². The predicted octanol–water partition coefficient (Wildman–Crippen LogP) is 3.50. The smallest absolute Gasteiger partial charge is 0.139 e. The molecule has 0 radical (unpaired) electrons. The van der Waals surface area contributed by atoms with Gasteiger partial charge in [-0.3, -0.25) is 0 Å². The Hall–Kier alpha value is -1.68. The number of nitrogens with two attached hydrogens (primary N) is 1. The van der Waals surface area contributed by atoms with Gasteiger partial charge in [-0.2, -0.15) is 0 Å². The zero-order valence-corrected chi connectivity index (χ0v) is 12.9. The highest BCUT2D eigenvalue weighted by Crippen LogP contribution is 2.23. The fourth-order valence-electron chi connectivity index (χ4n) is 2.28. The van der Waals surface area contributed by atoms with Crippen LogP contribution in [0.2, 0.25) is 0 Å². The van der Waals surface area contributed by atoms with E-state index in [4.69, 9.17) is 22.9 Å². The normalized spacial score (nSPS) is 10.7. The first-order valence-corrected chi connectivity index (χ1v) is 7.45. The van der Waals surface area contributed by atoms with E-state index in [1.54, 1.807) is 0 Å². The summed E-state index contributed by atoms with van der Waals surface area (Å²) in [6.45, 7) is 3.17. The molecule has 3 nitrogen and oxygen atoms in total. The molecule has 1 aromatic carbocycles. The fraction of sp³-hybridized carbons (Fsp3) is 0.375. The molecule has 2 rings (SSSR count). The Bertz CT molecular complexity index is 610. The number of hydrogen-bond donors (Lipinski definition) is 1. The van der Waals surface area contributed by atoms with Gasteiger partial charge in [-0.15, -0.1) is 0 Å². The molecular weight excluding hydrogens is 266 g/mol. The lowest BCUT2D eigenvalue weighted by Crippen LogP contribution is -2.24. The molecule has 2 aromatic rings. The van der Waals surface area contributed by atoms with Crippen LogP contribution >= 0.6 is 12.2 Å². The molecule has 0 aliphatic rings. The quantitative estimate of drug-likeness (QED) is 0.652. The van der Waals surface area contributed by atoms with Crippen LogP contribution in [0.4, 0.5) is 5.82 Å². The van der Waals surface area contributed by atoms with E-state index in [1.165, 1.54) is 12.8 Å². The van der Waals surface area contributed by atoms with Crippen LogP contribution in [0.5, 0.6) is 0 Å². The van der Waals surface area contributed by atoms with Crippen LogP contribution in [0.15, 0.2) is 30.3 Å². The van der Waals surface area contributed by atoms with Crippen LogP contribution in [-0.4, -0.2) is 23.6 Å². The molecule has 0 fully saturated rings. The first-order chi connectivity index (χ1) is 9.63. The minimum Gasteiger partial charge on any atom is -0.389 e. The van der Waals surface area contributed by atoms with Crippen molar-refractivity contribution < 1.29 is 0 Å². The topological polar surface area (TPSA) is 42.2 Å². The highest BCUT2D eigenvalue weighted by molar-refractivity contribution is 7.80. The number of unbranched alkanes of at least 4 members (excludes halogenated alkanes) is 2. The maximum atomic E-state index is 5.86. The molecule has 0 atom stereocenters. The summed E-state index contributed by atoms with van der Waals surface area (Å²) in [5, 5.41) is 1.07. The second kappa shape index (κ2) is 6.66. The zero-order chi connectivity index (χ0) is 14.5. The predicted molar refractivity (Wildman–Crippen MR) is 90.4 cm³/mol. The van der Waals surface area contributed by atoms with E-state index in [9.17, 15) is 0 Å². The lowest BCUT2D eigenvalue weighted by Gasteiger charge is -2.21. The SMILES string of the molecule is CCCCCN(C)c1nc2ccccc2cc1C(N)=S. The van der Waals surface area contributed by atoms with Crippen molar-refractivity contribution in [1.82, 2.24) is 4.98 Å². The molecule has 0 saturated heterocycles. The van der Waals surface area contributed by atoms with Gasteiger partial charge in [0.05, 0.1) is 11.1 Å². The van der Waals surface area contributed by atoms with E-state index in [0.29, 0.717) is 4.99 Å². The minimum atomic E-state index is 0.403. The van der Waals surface area contributed by atoms with E-state index in [2.05, 4.69) is 18.9 Å². The molecular formula is C16H21N3S. The van der Waals surface area contributed by atoms with Crippen LogP contribution in [-0.2, 0) is 0 Å². The van der Waals surface area contributed by atoms with Gasteiger partial charge in [0.2, 0.25) is 0 Å². The third-order valence-electron chi connectivity index (χ3n) is 3.43. The molecule has 2 N–H and O–H groups in total. The zero-order valence-electron chi connectivity index (χ0n) is 12.1. The largest absolute Gasteiger partial charge is 0.389 e. The van der Waals surface area contributed by atoms with Crippen molar-refractivity contribution in [2.75, 3.05) is 18.5 Å². The van der Waals surface area contributed by atoms with Crippen molar-refractivity contribution >= 4 is 33.9 Å². The van der Waals surface area contributed by atoms with E-state index in [1.807, 2.05) is 30.3 Å². The van der Waals surface area contributed by atoms with Gasteiger partial charge in [-0.1, -0.05) is 50.2 Å². The first-order valence-electron chi connectivity index (χ1n) is 7.04. The number of hydrogen-bond acceptors (Lipinski definition) is 3. The summed E-state index contributed by atoms with van der Waals surface area (Å²) in [5.74, 6) is 0.882. The number of benzene rings is 1. The number of fused-ring (bicyclic) bond motifs is 1. The Kier molecular flexibility index (Phi) is 4.90. The van der Waals surface area contributed by atoms with Crippen LogP contribution < -0.4 is 10.6 Å². The molecule has 0 amide bonds. The number of thiocarbonyl (C=S) groups is 1. The molecule has 0 bridgehead atoms. The molecule has 0 spiro atoms. The highest BCUT2D eigenvalue weighted by Gasteiger charge is 2.13. The number of rotatable bonds is 6. The number of para-hydroxylation sites is 1. The van der Waals surface area contributed by atoms with Crippen LogP contribution in [0.1, 0.15) is 31.7 Å². The van der Waals surface area contributed by atoms with Crippen molar-refractivity contribution in [3.05, 3.63) is 35.9 Å². The van der Waals surface area contributed by atoms with Gasteiger partial charge in [0.15, 0.2) is 0 Å². The van der Waals surface area contributed by atoms with E-state index < -0.39 is 0 Å². The maximum absolute atomic E-state index is 5.86. The Morgan fingerprint density at radius 3 is 2.75 bits per heavy atom. The molecule has 1 heterocycles. The fourth-order valence-corrected chi connectivity index (χ4v) is 2.43. The molecule has 4 heteroatoms. The summed E-state index contributed by atoms with van der Waals surface area (Å²) in [6.07, 6.45) is 3.58.